The number of hydrogen-bond acceptors (Lipinski definition) is 6. The molecule has 0 unspecified atom stereocenters. The summed E-state index contributed by atoms with van der Waals surface area (Å²) in [7, 11) is 0. The second kappa shape index (κ2) is 54.9. The predicted molar refractivity (Wildman–Crippen MR) is 288 cm³/mol. The standard InChI is InChI=1S/C61H102O6/c1-4-7-10-13-16-19-22-25-28-29-30-31-34-37-40-43-46-49-52-55-61(64)67-58(56-65-59(62)53-50-47-44-41-38-35-32-26-23-20-17-14-11-8-5-2)57-66-60(63)54-51-48-45-42-39-36-33-27-24-21-18-15-12-9-6-3/h7,10,16,19-21,23-25,28,30-31,37,40,46,49,58H,4-6,8-9,11-15,17-18,22,26-27,29,32-36,38-39,41-45,47-48,50-57H2,1-3H3/b10-7-,19-16-,23-20-,24-21-,28-25-,31-30-,40-37-,49-46-. The number of ether oxygens (including phenoxy) is 3. The van der Waals surface area contributed by atoms with Gasteiger partial charge in [0.25, 0.3) is 0 Å². The second-order valence-corrected chi connectivity index (χ2v) is 18.1. The first kappa shape index (κ1) is 63.3. The van der Waals surface area contributed by atoms with Gasteiger partial charge in [0.1, 0.15) is 13.2 Å². The minimum atomic E-state index is -0.822. The molecule has 0 aromatic heterocycles. The Balaban J connectivity index is 4.52. The zero-order valence-electron chi connectivity index (χ0n) is 43.6. The number of rotatable bonds is 49. The molecule has 0 saturated carbocycles. The van der Waals surface area contributed by atoms with Crippen molar-refractivity contribution in [3.8, 4) is 0 Å². The van der Waals surface area contributed by atoms with Crippen molar-refractivity contribution in [2.45, 2.75) is 258 Å². The molecule has 0 aromatic carbocycles. The van der Waals surface area contributed by atoms with Crippen LogP contribution in [0.4, 0.5) is 0 Å². The van der Waals surface area contributed by atoms with E-state index in [4.69, 9.17) is 14.2 Å². The molecule has 0 aromatic rings. The minimum Gasteiger partial charge on any atom is -0.462 e. The van der Waals surface area contributed by atoms with Crippen LogP contribution >= 0.6 is 0 Å². The van der Waals surface area contributed by atoms with Gasteiger partial charge in [-0.1, -0.05) is 221 Å². The normalized spacial score (nSPS) is 12.4. The second-order valence-electron chi connectivity index (χ2n) is 18.1. The molecule has 0 N–H and O–H groups in total. The quantitative estimate of drug-likeness (QED) is 0.0262. The first-order chi connectivity index (χ1) is 33.0. The summed E-state index contributed by atoms with van der Waals surface area (Å²) in [5.41, 5.74) is 0. The lowest BCUT2D eigenvalue weighted by molar-refractivity contribution is -0.166. The highest BCUT2D eigenvalue weighted by Gasteiger charge is 2.19. The van der Waals surface area contributed by atoms with E-state index in [1.54, 1.807) is 0 Å². The van der Waals surface area contributed by atoms with Crippen molar-refractivity contribution in [1.29, 1.82) is 0 Å². The molecule has 6 nitrogen and oxygen atoms in total. The van der Waals surface area contributed by atoms with Gasteiger partial charge in [0.15, 0.2) is 6.10 Å². The topological polar surface area (TPSA) is 78.9 Å². The Labute approximate surface area is 413 Å². The molecule has 0 saturated heterocycles. The molecule has 0 aliphatic heterocycles. The van der Waals surface area contributed by atoms with Gasteiger partial charge in [-0.3, -0.25) is 14.4 Å². The van der Waals surface area contributed by atoms with Crippen LogP contribution < -0.4 is 0 Å². The lowest BCUT2D eigenvalue weighted by Gasteiger charge is -2.18. The Bertz CT molecular complexity index is 1290. The zero-order chi connectivity index (χ0) is 48.6. The summed E-state index contributed by atoms with van der Waals surface area (Å²) in [5.74, 6) is -1.00. The minimum absolute atomic E-state index is 0.111. The molecule has 0 aliphatic rings. The smallest absolute Gasteiger partial charge is 0.306 e. The van der Waals surface area contributed by atoms with Crippen molar-refractivity contribution < 1.29 is 28.6 Å². The Kier molecular flexibility index (Phi) is 51.9. The Hall–Kier alpha value is -3.67. The first-order valence-electron chi connectivity index (χ1n) is 27.7. The summed E-state index contributed by atoms with van der Waals surface area (Å²) >= 11 is 0. The highest BCUT2D eigenvalue weighted by molar-refractivity contribution is 5.71. The Morgan fingerprint density at radius 2 is 0.612 bits per heavy atom. The third kappa shape index (κ3) is 53.2. The largest absolute Gasteiger partial charge is 0.462 e. The van der Waals surface area contributed by atoms with Crippen molar-refractivity contribution in [2.24, 2.45) is 0 Å². The first-order valence-corrected chi connectivity index (χ1v) is 27.7. The maximum atomic E-state index is 12.8. The molecule has 0 aliphatic carbocycles. The fourth-order valence-electron chi connectivity index (χ4n) is 7.40. The monoisotopic (exact) mass is 931 g/mol. The van der Waals surface area contributed by atoms with Gasteiger partial charge in [-0.15, -0.1) is 0 Å². The van der Waals surface area contributed by atoms with Crippen molar-refractivity contribution >= 4 is 17.9 Å². The van der Waals surface area contributed by atoms with E-state index >= 15 is 0 Å². The molecule has 6 heteroatoms. The number of allylic oxidation sites excluding steroid dienone is 16. The van der Waals surface area contributed by atoms with Crippen LogP contribution in [0.1, 0.15) is 252 Å². The molecule has 0 bridgehead atoms. The summed E-state index contributed by atoms with van der Waals surface area (Å²) in [6.07, 6.45) is 72.6. The summed E-state index contributed by atoms with van der Waals surface area (Å²) < 4.78 is 16.8. The predicted octanol–water partition coefficient (Wildman–Crippen LogP) is 18.5. The van der Waals surface area contributed by atoms with Crippen LogP contribution in [0.2, 0.25) is 0 Å². The van der Waals surface area contributed by atoms with Gasteiger partial charge in [-0.2, -0.15) is 0 Å². The van der Waals surface area contributed by atoms with Crippen LogP contribution in [0.25, 0.3) is 0 Å². The summed E-state index contributed by atoms with van der Waals surface area (Å²) in [6.45, 7) is 6.43. The fourth-order valence-corrected chi connectivity index (χ4v) is 7.40. The molecular formula is C61H102O6. The zero-order valence-corrected chi connectivity index (χ0v) is 43.6. The van der Waals surface area contributed by atoms with E-state index in [2.05, 4.69) is 106 Å². The molecule has 67 heavy (non-hydrogen) atoms. The van der Waals surface area contributed by atoms with Gasteiger partial charge in [0, 0.05) is 19.3 Å². The maximum absolute atomic E-state index is 12.8. The van der Waals surface area contributed by atoms with Gasteiger partial charge in [-0.25, -0.2) is 0 Å². The molecule has 0 spiro atoms. The van der Waals surface area contributed by atoms with Crippen molar-refractivity contribution in [3.05, 3.63) is 97.2 Å². The Morgan fingerprint density at radius 3 is 0.970 bits per heavy atom. The van der Waals surface area contributed by atoms with E-state index in [9.17, 15) is 14.4 Å². The number of esters is 3. The SMILES string of the molecule is CC/C=C\C/C=C\C/C=C\C/C=C\C/C=C\C/C=C\CCC(=O)OC(COC(=O)CCCCCCCCC/C=C\CCCCCC)COC(=O)CCCCCCCCC/C=C\CCCCCC. The van der Waals surface area contributed by atoms with Gasteiger partial charge in [0.05, 0.1) is 0 Å². The number of carbonyl (C=O) groups is 3. The van der Waals surface area contributed by atoms with Crippen LogP contribution in [0.5, 0.6) is 0 Å². The van der Waals surface area contributed by atoms with E-state index in [1.165, 1.54) is 128 Å². The number of carbonyl (C=O) groups excluding carboxylic acids is 3. The highest BCUT2D eigenvalue weighted by atomic mass is 16.6. The number of unbranched alkanes of at least 4 members (excludes halogenated alkanes) is 22. The molecule has 0 rings (SSSR count). The molecule has 0 radical (unpaired) electrons. The van der Waals surface area contributed by atoms with Crippen molar-refractivity contribution in [2.75, 3.05) is 13.2 Å². The van der Waals surface area contributed by atoms with Gasteiger partial charge < -0.3 is 14.2 Å². The van der Waals surface area contributed by atoms with Crippen molar-refractivity contribution in [1.82, 2.24) is 0 Å². The summed E-state index contributed by atoms with van der Waals surface area (Å²) in [4.78, 5) is 38.1. The van der Waals surface area contributed by atoms with Crippen LogP contribution in [-0.4, -0.2) is 37.2 Å². The van der Waals surface area contributed by atoms with Gasteiger partial charge >= 0.3 is 17.9 Å². The third-order valence-corrected chi connectivity index (χ3v) is 11.6. The Morgan fingerprint density at radius 1 is 0.313 bits per heavy atom. The average molecular weight is 931 g/mol. The molecule has 0 heterocycles. The van der Waals surface area contributed by atoms with E-state index < -0.39 is 12.1 Å². The van der Waals surface area contributed by atoms with Crippen molar-refractivity contribution in [3.63, 3.8) is 0 Å². The molecule has 382 valence electrons. The van der Waals surface area contributed by atoms with Crippen LogP contribution in [0.15, 0.2) is 97.2 Å². The van der Waals surface area contributed by atoms with Crippen LogP contribution in [0, 0.1) is 0 Å². The van der Waals surface area contributed by atoms with Crippen LogP contribution in [-0.2, 0) is 28.6 Å². The summed E-state index contributed by atoms with van der Waals surface area (Å²) in [5, 5.41) is 0. The maximum Gasteiger partial charge on any atom is 0.306 e. The third-order valence-electron chi connectivity index (χ3n) is 11.6. The molecule has 0 atom stereocenters. The summed E-state index contributed by atoms with van der Waals surface area (Å²) in [6, 6.07) is 0. The van der Waals surface area contributed by atoms with Crippen LogP contribution in [0.3, 0.4) is 0 Å². The van der Waals surface area contributed by atoms with E-state index in [-0.39, 0.29) is 31.6 Å². The molecule has 0 amide bonds. The van der Waals surface area contributed by atoms with E-state index in [0.717, 1.165) is 77.0 Å². The average Bonchev–Trinajstić information content (AvgIpc) is 3.33. The molecule has 0 fully saturated rings. The lowest BCUT2D eigenvalue weighted by Crippen LogP contribution is -2.30. The number of hydrogen-bond donors (Lipinski definition) is 0. The van der Waals surface area contributed by atoms with E-state index in [1.807, 2.05) is 12.2 Å². The van der Waals surface area contributed by atoms with Gasteiger partial charge in [-0.05, 0) is 109 Å². The fraction of sp³-hybridized carbons (Fsp3) is 0.689. The van der Waals surface area contributed by atoms with E-state index in [0.29, 0.717) is 19.3 Å². The molecular weight excluding hydrogens is 829 g/mol. The highest BCUT2D eigenvalue weighted by Crippen LogP contribution is 2.14. The van der Waals surface area contributed by atoms with Gasteiger partial charge in [0.2, 0.25) is 0 Å². The lowest BCUT2D eigenvalue weighted by atomic mass is 10.1.